The molecule has 0 saturated heterocycles. The monoisotopic (exact) mass is 237 g/mol. The third kappa shape index (κ3) is 4.49. The molecule has 1 rings (SSSR count). The topological polar surface area (TPSA) is 49.9 Å². The van der Waals surface area contributed by atoms with Crippen molar-refractivity contribution in [1.29, 1.82) is 0 Å². The summed E-state index contributed by atoms with van der Waals surface area (Å²) in [4.78, 5) is 24.4. The SMILES string of the molecule is CC(=O)SCCC=Cc1ccc(=O)[nH]c1C. The average molecular weight is 237 g/mol. The molecule has 0 unspecified atom stereocenters. The molecule has 0 aromatic carbocycles. The molecule has 0 aliphatic heterocycles. The first-order valence-corrected chi connectivity index (χ1v) is 6.08. The largest absolute Gasteiger partial charge is 0.326 e. The van der Waals surface area contributed by atoms with Gasteiger partial charge in [-0.15, -0.1) is 0 Å². The molecule has 1 aromatic rings. The number of aromatic nitrogens is 1. The second-order valence-electron chi connectivity index (χ2n) is 3.43. The van der Waals surface area contributed by atoms with Crippen molar-refractivity contribution in [1.82, 2.24) is 4.98 Å². The summed E-state index contributed by atoms with van der Waals surface area (Å²) in [5.41, 5.74) is 1.79. The van der Waals surface area contributed by atoms with Crippen molar-refractivity contribution in [3.05, 3.63) is 39.8 Å². The Morgan fingerprint density at radius 2 is 2.25 bits per heavy atom. The number of carbonyl (C=O) groups is 1. The minimum Gasteiger partial charge on any atom is -0.326 e. The number of allylic oxidation sites excluding steroid dienone is 1. The lowest BCUT2D eigenvalue weighted by atomic mass is 10.2. The Kier molecular flexibility index (Phi) is 5.05. The molecule has 1 aromatic heterocycles. The molecule has 3 nitrogen and oxygen atoms in total. The van der Waals surface area contributed by atoms with E-state index < -0.39 is 0 Å². The van der Waals surface area contributed by atoms with E-state index in [0.29, 0.717) is 0 Å². The van der Waals surface area contributed by atoms with Crippen LogP contribution in [0.2, 0.25) is 0 Å². The van der Waals surface area contributed by atoms with Gasteiger partial charge in [0.2, 0.25) is 5.56 Å². The maximum atomic E-state index is 11.0. The lowest BCUT2D eigenvalue weighted by molar-refractivity contribution is -0.109. The summed E-state index contributed by atoms with van der Waals surface area (Å²) in [7, 11) is 0. The van der Waals surface area contributed by atoms with E-state index in [2.05, 4.69) is 4.98 Å². The Bertz CT molecular complexity index is 449. The Labute approximate surface area is 99.0 Å². The van der Waals surface area contributed by atoms with Crippen LogP contribution in [0.3, 0.4) is 0 Å². The minimum absolute atomic E-state index is 0.0817. The summed E-state index contributed by atoms with van der Waals surface area (Å²) >= 11 is 1.33. The summed E-state index contributed by atoms with van der Waals surface area (Å²) in [6.45, 7) is 3.44. The number of hydrogen-bond donors (Lipinski definition) is 1. The van der Waals surface area contributed by atoms with Crippen molar-refractivity contribution >= 4 is 23.0 Å². The van der Waals surface area contributed by atoms with E-state index in [1.54, 1.807) is 13.0 Å². The molecule has 0 spiro atoms. The van der Waals surface area contributed by atoms with Gasteiger partial charge < -0.3 is 4.98 Å². The summed E-state index contributed by atoms with van der Waals surface area (Å²) in [6.07, 6.45) is 4.82. The van der Waals surface area contributed by atoms with Crippen LogP contribution in [-0.2, 0) is 4.79 Å². The van der Waals surface area contributed by atoms with Crippen molar-refractivity contribution in [2.24, 2.45) is 0 Å². The highest BCUT2D eigenvalue weighted by molar-refractivity contribution is 8.13. The van der Waals surface area contributed by atoms with Gasteiger partial charge in [0.1, 0.15) is 0 Å². The van der Waals surface area contributed by atoms with Crippen LogP contribution in [0.1, 0.15) is 24.6 Å². The van der Waals surface area contributed by atoms with Crippen LogP contribution in [-0.4, -0.2) is 15.9 Å². The number of H-pyrrole nitrogens is 1. The molecule has 0 fully saturated rings. The maximum absolute atomic E-state index is 11.0. The van der Waals surface area contributed by atoms with Crippen LogP contribution in [0, 0.1) is 6.92 Å². The predicted octanol–water partition coefficient (Wildman–Crippen LogP) is 2.37. The van der Waals surface area contributed by atoms with Crippen molar-refractivity contribution in [3.8, 4) is 0 Å². The summed E-state index contributed by atoms with van der Waals surface area (Å²) in [5.74, 6) is 0.800. The second kappa shape index (κ2) is 6.33. The minimum atomic E-state index is -0.0817. The highest BCUT2D eigenvalue weighted by Crippen LogP contribution is 2.07. The van der Waals surface area contributed by atoms with Gasteiger partial charge in [0, 0.05) is 24.4 Å². The number of aromatic amines is 1. The highest BCUT2D eigenvalue weighted by Gasteiger charge is 1.94. The average Bonchev–Trinajstić information content (AvgIpc) is 2.20. The summed E-state index contributed by atoms with van der Waals surface area (Å²) in [5, 5.41) is 0.147. The number of pyridine rings is 1. The first-order valence-electron chi connectivity index (χ1n) is 5.09. The zero-order valence-corrected chi connectivity index (χ0v) is 10.3. The van der Waals surface area contributed by atoms with E-state index in [0.717, 1.165) is 23.4 Å². The lowest BCUT2D eigenvalue weighted by Gasteiger charge is -1.98. The third-order valence-electron chi connectivity index (χ3n) is 2.05. The smallest absolute Gasteiger partial charge is 0.248 e. The fourth-order valence-corrected chi connectivity index (χ4v) is 1.79. The number of nitrogens with one attached hydrogen (secondary N) is 1. The van der Waals surface area contributed by atoms with Crippen LogP contribution in [0.4, 0.5) is 0 Å². The standard InChI is InChI=1S/C12H15NO2S/c1-9-11(6-7-12(15)13-9)5-3-4-8-16-10(2)14/h3,5-7H,4,8H2,1-2H3,(H,13,15). The Morgan fingerprint density at radius 3 is 2.88 bits per heavy atom. The fraction of sp³-hybridized carbons (Fsp3) is 0.333. The zero-order chi connectivity index (χ0) is 12.0. The van der Waals surface area contributed by atoms with Crippen LogP contribution < -0.4 is 5.56 Å². The Morgan fingerprint density at radius 1 is 1.50 bits per heavy atom. The van der Waals surface area contributed by atoms with Crippen molar-refractivity contribution in [2.45, 2.75) is 20.3 Å². The molecule has 0 saturated carbocycles. The molecule has 4 heteroatoms. The normalized spacial score (nSPS) is 10.9. The van der Waals surface area contributed by atoms with Crippen LogP contribution >= 0.6 is 11.8 Å². The number of thioether (sulfide) groups is 1. The molecule has 16 heavy (non-hydrogen) atoms. The first-order chi connectivity index (χ1) is 7.59. The molecule has 86 valence electrons. The van der Waals surface area contributed by atoms with Gasteiger partial charge in [0.15, 0.2) is 5.12 Å². The van der Waals surface area contributed by atoms with Crippen LogP contribution in [0.15, 0.2) is 23.0 Å². The molecule has 0 bridgehead atoms. The molecular formula is C12H15NO2S. The molecule has 0 atom stereocenters. The van der Waals surface area contributed by atoms with Gasteiger partial charge in [0.25, 0.3) is 0 Å². The Balaban J connectivity index is 2.50. The maximum Gasteiger partial charge on any atom is 0.248 e. The van der Waals surface area contributed by atoms with Crippen molar-refractivity contribution in [2.75, 3.05) is 5.75 Å². The van der Waals surface area contributed by atoms with Crippen molar-refractivity contribution in [3.63, 3.8) is 0 Å². The van der Waals surface area contributed by atoms with Gasteiger partial charge in [-0.3, -0.25) is 9.59 Å². The molecule has 0 radical (unpaired) electrons. The first kappa shape index (κ1) is 12.8. The number of carbonyl (C=O) groups excluding carboxylic acids is 1. The number of hydrogen-bond acceptors (Lipinski definition) is 3. The quantitative estimate of drug-likeness (QED) is 0.818. The van der Waals surface area contributed by atoms with E-state index in [9.17, 15) is 9.59 Å². The van der Waals surface area contributed by atoms with Gasteiger partial charge in [-0.2, -0.15) is 0 Å². The molecule has 1 N–H and O–H groups in total. The predicted molar refractivity (Wildman–Crippen MR) is 68.6 cm³/mol. The summed E-state index contributed by atoms with van der Waals surface area (Å²) in [6, 6.07) is 3.31. The van der Waals surface area contributed by atoms with Gasteiger partial charge in [-0.05, 0) is 25.0 Å². The van der Waals surface area contributed by atoms with E-state index >= 15 is 0 Å². The molecule has 0 aliphatic carbocycles. The van der Waals surface area contributed by atoms with Gasteiger partial charge >= 0.3 is 0 Å². The van der Waals surface area contributed by atoms with E-state index in [1.807, 2.05) is 19.1 Å². The van der Waals surface area contributed by atoms with Gasteiger partial charge in [0.05, 0.1) is 0 Å². The number of rotatable bonds is 4. The van der Waals surface area contributed by atoms with E-state index in [-0.39, 0.29) is 10.7 Å². The van der Waals surface area contributed by atoms with Crippen molar-refractivity contribution < 1.29 is 4.79 Å². The van der Waals surface area contributed by atoms with E-state index in [1.165, 1.54) is 17.8 Å². The Hall–Kier alpha value is -1.29. The van der Waals surface area contributed by atoms with Gasteiger partial charge in [-0.1, -0.05) is 23.9 Å². The molecule has 0 amide bonds. The van der Waals surface area contributed by atoms with E-state index in [4.69, 9.17) is 0 Å². The molecule has 0 aliphatic rings. The molecular weight excluding hydrogens is 222 g/mol. The fourth-order valence-electron chi connectivity index (χ4n) is 1.25. The highest BCUT2D eigenvalue weighted by atomic mass is 32.2. The molecule has 1 heterocycles. The zero-order valence-electron chi connectivity index (χ0n) is 9.45. The lowest BCUT2D eigenvalue weighted by Crippen LogP contribution is -2.05. The van der Waals surface area contributed by atoms with Crippen LogP contribution in [0.25, 0.3) is 6.08 Å². The van der Waals surface area contributed by atoms with Crippen LogP contribution in [0.5, 0.6) is 0 Å². The second-order valence-corrected chi connectivity index (χ2v) is 4.71. The summed E-state index contributed by atoms with van der Waals surface area (Å²) < 4.78 is 0. The number of aryl methyl sites for hydroxylation is 1. The third-order valence-corrected chi connectivity index (χ3v) is 2.89. The van der Waals surface area contributed by atoms with Gasteiger partial charge in [-0.25, -0.2) is 0 Å².